The Morgan fingerprint density at radius 1 is 1.11 bits per heavy atom. The predicted octanol–water partition coefficient (Wildman–Crippen LogP) is 2.66. The Balaban J connectivity index is 2.78. The highest BCUT2D eigenvalue weighted by Gasteiger charge is 2.26. The van der Waals surface area contributed by atoms with Crippen molar-refractivity contribution in [2.75, 3.05) is 0 Å². The van der Waals surface area contributed by atoms with Crippen LogP contribution in [0.1, 0.15) is 25.0 Å². The summed E-state index contributed by atoms with van der Waals surface area (Å²) in [4.78, 5) is 36.8. The smallest absolute Gasteiger partial charge is 0.178 e. The molecule has 0 aliphatic carbocycles. The van der Waals surface area contributed by atoms with Crippen LogP contribution in [0.4, 0.5) is 0 Å². The van der Waals surface area contributed by atoms with Crippen molar-refractivity contribution in [3.8, 4) is 0 Å². The van der Waals surface area contributed by atoms with Crippen LogP contribution in [0.15, 0.2) is 35.9 Å². The van der Waals surface area contributed by atoms with Crippen molar-refractivity contribution in [1.29, 1.82) is 0 Å². The highest BCUT2D eigenvalue weighted by Crippen LogP contribution is 2.50. The molecule has 0 aliphatic heterocycles. The third kappa shape index (κ3) is 6.09. The fourth-order valence-corrected chi connectivity index (χ4v) is 3.16. The van der Waals surface area contributed by atoms with E-state index in [0.717, 1.165) is 17.5 Å². The van der Waals surface area contributed by atoms with Crippen LogP contribution in [0, 0.1) is 0 Å². The summed E-state index contributed by atoms with van der Waals surface area (Å²) in [5.74, 6) is 0. The van der Waals surface area contributed by atoms with Crippen LogP contribution >= 0.6 is 16.8 Å². The van der Waals surface area contributed by atoms with Gasteiger partial charge in [0, 0.05) is 0 Å². The minimum Gasteiger partial charge on any atom is -0.349 e. The maximum atomic E-state index is 9.20. The molecule has 0 spiro atoms. The van der Waals surface area contributed by atoms with Gasteiger partial charge in [0.1, 0.15) is 5.40 Å². The van der Waals surface area contributed by atoms with Crippen LogP contribution in [0.25, 0.3) is 0 Å². The molecule has 0 amide bonds. The van der Waals surface area contributed by atoms with E-state index in [4.69, 9.17) is 0 Å². The van der Waals surface area contributed by atoms with E-state index in [1.54, 1.807) is 0 Å². The first-order chi connectivity index (χ1) is 8.90. The Bertz CT molecular complexity index is 420. The third-order valence-corrected chi connectivity index (χ3v) is 5.36. The molecule has 0 heterocycles. The first kappa shape index (κ1) is 16.7. The lowest BCUT2D eigenvalue weighted by Gasteiger charge is -2.18. The summed E-state index contributed by atoms with van der Waals surface area (Å²) in [6.07, 6.45) is 3.20. The lowest BCUT2D eigenvalue weighted by Crippen LogP contribution is -2.07. The Hall–Kier alpha value is -0.340. The Morgan fingerprint density at radius 3 is 2.21 bits per heavy atom. The topological polar surface area (TPSA) is 80.9 Å². The molecule has 0 aromatic heterocycles. The van der Waals surface area contributed by atoms with E-state index in [0.29, 0.717) is 0 Å². The molecule has 0 unspecified atom stereocenters. The largest absolute Gasteiger partial charge is 0.349 e. The molecular weight excluding hydrogens is 282 g/mol. The fourth-order valence-electron chi connectivity index (χ4n) is 1.67. The number of allylic oxidation sites excluding steroid dienone is 2. The highest BCUT2D eigenvalue weighted by molar-refractivity contribution is 7.64. The first-order valence-corrected chi connectivity index (χ1v) is 8.58. The van der Waals surface area contributed by atoms with Crippen LogP contribution in [-0.2, 0) is 12.8 Å². The van der Waals surface area contributed by atoms with Crippen LogP contribution in [0.5, 0.6) is 0 Å². The van der Waals surface area contributed by atoms with E-state index in [-0.39, 0.29) is 6.42 Å². The van der Waals surface area contributed by atoms with Gasteiger partial charge >= 0.3 is 0 Å². The molecule has 19 heavy (non-hydrogen) atoms. The molecule has 0 saturated heterocycles. The molecule has 6 heteroatoms. The number of rotatable bonds is 6. The molecule has 1 aromatic rings. The van der Waals surface area contributed by atoms with Crippen molar-refractivity contribution in [2.45, 2.75) is 32.1 Å². The molecule has 0 saturated carbocycles. The molecule has 1 aromatic carbocycles. The van der Waals surface area contributed by atoms with E-state index >= 15 is 0 Å². The lowest BCUT2D eigenvalue weighted by molar-refractivity contribution is 0.448. The van der Waals surface area contributed by atoms with Gasteiger partial charge in [-0.05, 0) is 37.8 Å². The van der Waals surface area contributed by atoms with Crippen molar-refractivity contribution < 1.29 is 19.6 Å². The van der Waals surface area contributed by atoms with Gasteiger partial charge in [0.15, 0.2) is 16.8 Å². The zero-order chi connectivity index (χ0) is 14.4. The molecule has 0 atom stereocenters. The molecule has 106 valence electrons. The van der Waals surface area contributed by atoms with E-state index < -0.39 is 22.2 Å². The quantitative estimate of drug-likeness (QED) is 0.481. The monoisotopic (exact) mass is 302 g/mol. The molecule has 0 radical (unpaired) electrons. The van der Waals surface area contributed by atoms with Gasteiger partial charge in [-0.25, -0.2) is 0 Å². The summed E-state index contributed by atoms with van der Waals surface area (Å²) >= 11 is 0. The van der Waals surface area contributed by atoms with E-state index in [1.165, 1.54) is 5.57 Å². The molecule has 1 rings (SSSR count). The van der Waals surface area contributed by atoms with E-state index in [2.05, 4.69) is 6.08 Å². The normalized spacial score (nSPS) is 11.4. The second kappa shape index (κ2) is 8.06. The van der Waals surface area contributed by atoms with Gasteiger partial charge in [-0.2, -0.15) is 0 Å². The second-order valence-electron chi connectivity index (χ2n) is 4.63. The summed E-state index contributed by atoms with van der Waals surface area (Å²) in [5, 5.41) is -0.872. The molecule has 0 aliphatic rings. The lowest BCUT2D eigenvalue weighted by atomic mass is 10.1. The molecular formula is C13H20O4P2. The maximum absolute atomic E-state index is 9.20. The van der Waals surface area contributed by atoms with Gasteiger partial charge in [0.25, 0.3) is 0 Å². The number of hydrogen-bond donors (Lipinski definition) is 4. The average Bonchev–Trinajstić information content (AvgIpc) is 2.33. The van der Waals surface area contributed by atoms with E-state index in [9.17, 15) is 19.6 Å². The van der Waals surface area contributed by atoms with Crippen LogP contribution in [-0.4, -0.2) is 25.0 Å². The number of hydrogen-bond acceptors (Lipinski definition) is 4. The zero-order valence-corrected chi connectivity index (χ0v) is 12.9. The Morgan fingerprint density at radius 2 is 1.68 bits per heavy atom. The van der Waals surface area contributed by atoms with Gasteiger partial charge in [-0.3, -0.25) is 0 Å². The van der Waals surface area contributed by atoms with Crippen molar-refractivity contribution in [2.24, 2.45) is 0 Å². The van der Waals surface area contributed by atoms with Gasteiger partial charge in [0.05, 0.1) is 0 Å². The Labute approximate surface area is 116 Å². The van der Waals surface area contributed by atoms with Gasteiger partial charge < -0.3 is 19.6 Å². The maximum Gasteiger partial charge on any atom is 0.178 e. The van der Waals surface area contributed by atoms with E-state index in [1.807, 2.05) is 38.1 Å². The summed E-state index contributed by atoms with van der Waals surface area (Å²) in [7, 11) is -4.68. The van der Waals surface area contributed by atoms with Crippen LogP contribution in [0.3, 0.4) is 0 Å². The standard InChI is InChI=1S/C13H20O4P2/c1-10(2)6-7-11-4-3-5-12(8-11)9-13(18(14)15)19(16)17/h3-6,8,13-17H,7,9H2,1-2H3. The van der Waals surface area contributed by atoms with Gasteiger partial charge in [-0.15, -0.1) is 0 Å². The van der Waals surface area contributed by atoms with Gasteiger partial charge in [-0.1, -0.05) is 35.9 Å². The molecule has 0 fully saturated rings. The fraction of sp³-hybridized carbons (Fsp3) is 0.385. The minimum absolute atomic E-state index is 0.264. The minimum atomic E-state index is -2.34. The van der Waals surface area contributed by atoms with Crippen molar-refractivity contribution in [1.82, 2.24) is 0 Å². The molecule has 4 nitrogen and oxygen atoms in total. The van der Waals surface area contributed by atoms with Crippen molar-refractivity contribution in [3.63, 3.8) is 0 Å². The first-order valence-electron chi connectivity index (χ1n) is 5.95. The van der Waals surface area contributed by atoms with Crippen LogP contribution < -0.4 is 0 Å². The van der Waals surface area contributed by atoms with Crippen LogP contribution in [0.2, 0.25) is 0 Å². The zero-order valence-electron chi connectivity index (χ0n) is 11.1. The highest BCUT2D eigenvalue weighted by atomic mass is 31.2. The third-order valence-electron chi connectivity index (χ3n) is 2.69. The second-order valence-corrected chi connectivity index (χ2v) is 7.57. The Kier molecular flexibility index (Phi) is 7.09. The summed E-state index contributed by atoms with van der Waals surface area (Å²) in [6, 6.07) is 7.72. The van der Waals surface area contributed by atoms with Crippen molar-refractivity contribution in [3.05, 3.63) is 47.0 Å². The van der Waals surface area contributed by atoms with Gasteiger partial charge in [0.2, 0.25) is 0 Å². The summed E-state index contributed by atoms with van der Waals surface area (Å²) < 4.78 is 0. The molecule has 0 bridgehead atoms. The average molecular weight is 302 g/mol. The number of benzene rings is 1. The SMILES string of the molecule is CC(C)=CCc1cccc(CC(P(O)O)P(O)O)c1. The predicted molar refractivity (Wildman–Crippen MR) is 79.8 cm³/mol. The molecule has 4 N–H and O–H groups in total. The van der Waals surface area contributed by atoms with Crippen molar-refractivity contribution >= 4 is 16.8 Å². The summed E-state index contributed by atoms with van der Waals surface area (Å²) in [5.41, 5.74) is 3.25. The summed E-state index contributed by atoms with van der Waals surface area (Å²) in [6.45, 7) is 4.07.